The molecule has 0 amide bonds. The summed E-state index contributed by atoms with van der Waals surface area (Å²) in [5, 5.41) is 0. The van der Waals surface area contributed by atoms with Crippen LogP contribution >= 0.6 is 0 Å². The number of ether oxygens (including phenoxy) is 1. The van der Waals surface area contributed by atoms with E-state index >= 15 is 0 Å². The first-order valence-electron chi connectivity index (χ1n) is 6.11. The third kappa shape index (κ3) is 4.70. The lowest BCUT2D eigenvalue weighted by Crippen LogP contribution is -2.32. The third-order valence-electron chi connectivity index (χ3n) is 2.43. The maximum absolute atomic E-state index is 11.9. The predicted octanol–water partition coefficient (Wildman–Crippen LogP) is 2.78. The predicted molar refractivity (Wildman–Crippen MR) is 70.2 cm³/mol. The maximum atomic E-state index is 11.9. The van der Waals surface area contributed by atoms with Gasteiger partial charge in [0.25, 0.3) is 0 Å². The normalized spacial score (nSPS) is 12.9. The van der Waals surface area contributed by atoms with Crippen LogP contribution in [-0.4, -0.2) is 17.4 Å². The van der Waals surface area contributed by atoms with Crippen LogP contribution in [0.2, 0.25) is 0 Å². The molecule has 1 rings (SSSR count). The van der Waals surface area contributed by atoms with E-state index in [-0.39, 0.29) is 5.92 Å². The Hall–Kier alpha value is -1.64. The standard InChI is InChI=1S/C15H20O3/c1-11(10-12-8-6-5-7-9-12)13(16)14(17)18-15(2,3)4/h5-9,11H,10H2,1-4H3/t11-/m1/s1. The highest BCUT2D eigenvalue weighted by molar-refractivity contribution is 6.34. The van der Waals surface area contributed by atoms with Crippen LogP contribution in [0.15, 0.2) is 30.3 Å². The van der Waals surface area contributed by atoms with Crippen LogP contribution in [0.4, 0.5) is 0 Å². The number of hydrogen-bond acceptors (Lipinski definition) is 3. The van der Waals surface area contributed by atoms with E-state index in [2.05, 4.69) is 0 Å². The lowest BCUT2D eigenvalue weighted by atomic mass is 9.97. The fraction of sp³-hybridized carbons (Fsp3) is 0.467. The van der Waals surface area contributed by atoms with Crippen LogP contribution in [0.5, 0.6) is 0 Å². The average Bonchev–Trinajstić information content (AvgIpc) is 2.27. The Morgan fingerprint density at radius 3 is 2.22 bits per heavy atom. The zero-order valence-corrected chi connectivity index (χ0v) is 11.4. The van der Waals surface area contributed by atoms with Crippen molar-refractivity contribution in [1.82, 2.24) is 0 Å². The molecular weight excluding hydrogens is 228 g/mol. The summed E-state index contributed by atoms with van der Waals surface area (Å²) < 4.78 is 5.07. The van der Waals surface area contributed by atoms with Gasteiger partial charge in [0, 0.05) is 5.92 Å². The molecule has 0 aliphatic carbocycles. The number of carbonyl (C=O) groups excluding carboxylic acids is 2. The SMILES string of the molecule is C[C@H](Cc1ccccc1)C(=O)C(=O)OC(C)(C)C. The van der Waals surface area contributed by atoms with Crippen molar-refractivity contribution in [3.8, 4) is 0 Å². The van der Waals surface area contributed by atoms with Crippen LogP contribution in [-0.2, 0) is 20.7 Å². The van der Waals surface area contributed by atoms with Gasteiger partial charge in [0.2, 0.25) is 5.78 Å². The minimum absolute atomic E-state index is 0.359. The number of hydrogen-bond donors (Lipinski definition) is 0. The Labute approximate surface area is 108 Å². The average molecular weight is 248 g/mol. The van der Waals surface area contributed by atoms with E-state index in [4.69, 9.17) is 4.74 Å². The van der Waals surface area contributed by atoms with Crippen LogP contribution in [0.3, 0.4) is 0 Å². The van der Waals surface area contributed by atoms with Crippen molar-refractivity contribution in [2.75, 3.05) is 0 Å². The molecular formula is C15H20O3. The Morgan fingerprint density at radius 1 is 1.17 bits per heavy atom. The Kier molecular flexibility index (Phi) is 4.65. The van der Waals surface area contributed by atoms with E-state index in [1.807, 2.05) is 30.3 Å². The summed E-state index contributed by atoms with van der Waals surface area (Å²) in [5.41, 5.74) is 0.418. The van der Waals surface area contributed by atoms with Gasteiger partial charge in [0.15, 0.2) is 0 Å². The molecule has 0 heterocycles. The third-order valence-corrected chi connectivity index (χ3v) is 2.43. The van der Waals surface area contributed by atoms with Crippen molar-refractivity contribution in [3.63, 3.8) is 0 Å². The molecule has 0 radical (unpaired) electrons. The number of Topliss-reactive ketones (excluding diaryl/α,β-unsaturated/α-hetero) is 1. The molecule has 3 heteroatoms. The summed E-state index contributed by atoms with van der Waals surface area (Å²) in [7, 11) is 0. The number of esters is 1. The van der Waals surface area contributed by atoms with Gasteiger partial charge < -0.3 is 4.74 Å². The fourth-order valence-corrected chi connectivity index (χ4v) is 1.59. The van der Waals surface area contributed by atoms with E-state index < -0.39 is 17.4 Å². The van der Waals surface area contributed by atoms with Gasteiger partial charge in [-0.3, -0.25) is 4.79 Å². The van der Waals surface area contributed by atoms with Gasteiger partial charge in [-0.15, -0.1) is 0 Å². The Morgan fingerprint density at radius 2 is 1.72 bits per heavy atom. The lowest BCUT2D eigenvalue weighted by molar-refractivity contribution is -0.163. The van der Waals surface area contributed by atoms with E-state index in [1.165, 1.54) is 0 Å². The molecule has 0 saturated carbocycles. The molecule has 0 fully saturated rings. The zero-order chi connectivity index (χ0) is 13.8. The first-order chi connectivity index (χ1) is 8.29. The number of rotatable bonds is 4. The molecule has 0 bridgehead atoms. The minimum atomic E-state index is -0.745. The van der Waals surface area contributed by atoms with Crippen molar-refractivity contribution in [2.24, 2.45) is 5.92 Å². The van der Waals surface area contributed by atoms with Crippen LogP contribution in [0, 0.1) is 5.92 Å². The molecule has 0 unspecified atom stereocenters. The first-order valence-corrected chi connectivity index (χ1v) is 6.11. The number of benzene rings is 1. The second-order valence-electron chi connectivity index (χ2n) is 5.46. The second-order valence-corrected chi connectivity index (χ2v) is 5.46. The van der Waals surface area contributed by atoms with E-state index in [0.29, 0.717) is 6.42 Å². The summed E-state index contributed by atoms with van der Waals surface area (Å²) >= 11 is 0. The fourth-order valence-electron chi connectivity index (χ4n) is 1.59. The Balaban J connectivity index is 2.59. The van der Waals surface area contributed by atoms with Crippen molar-refractivity contribution in [3.05, 3.63) is 35.9 Å². The Bertz CT molecular complexity index is 415. The molecule has 0 aliphatic rings. The van der Waals surface area contributed by atoms with Gasteiger partial charge in [-0.1, -0.05) is 37.3 Å². The largest absolute Gasteiger partial charge is 0.454 e. The summed E-state index contributed by atoms with van der Waals surface area (Å²) in [5.74, 6) is -1.57. The van der Waals surface area contributed by atoms with Gasteiger partial charge in [0.1, 0.15) is 5.60 Å². The van der Waals surface area contributed by atoms with Crippen LogP contribution in [0.25, 0.3) is 0 Å². The topological polar surface area (TPSA) is 43.4 Å². The summed E-state index contributed by atoms with van der Waals surface area (Å²) in [6.07, 6.45) is 0.554. The summed E-state index contributed by atoms with van der Waals surface area (Å²) in [6.45, 7) is 7.00. The molecule has 1 aromatic carbocycles. The molecule has 0 aromatic heterocycles. The molecule has 18 heavy (non-hydrogen) atoms. The highest BCUT2D eigenvalue weighted by Gasteiger charge is 2.27. The quantitative estimate of drug-likeness (QED) is 0.608. The zero-order valence-electron chi connectivity index (χ0n) is 11.4. The van der Waals surface area contributed by atoms with Crippen molar-refractivity contribution in [2.45, 2.75) is 39.7 Å². The molecule has 1 aromatic rings. The first kappa shape index (κ1) is 14.4. The van der Waals surface area contributed by atoms with E-state index in [9.17, 15) is 9.59 Å². The van der Waals surface area contributed by atoms with Crippen molar-refractivity contribution < 1.29 is 14.3 Å². The van der Waals surface area contributed by atoms with Gasteiger partial charge in [-0.25, -0.2) is 4.79 Å². The minimum Gasteiger partial charge on any atom is -0.454 e. The van der Waals surface area contributed by atoms with Gasteiger partial charge in [-0.05, 0) is 32.8 Å². The molecule has 1 atom stereocenters. The van der Waals surface area contributed by atoms with Gasteiger partial charge in [0.05, 0.1) is 0 Å². The summed E-state index contributed by atoms with van der Waals surface area (Å²) in [4.78, 5) is 23.5. The van der Waals surface area contributed by atoms with Gasteiger partial charge in [-0.2, -0.15) is 0 Å². The second kappa shape index (κ2) is 5.80. The van der Waals surface area contributed by atoms with Crippen LogP contribution in [0.1, 0.15) is 33.3 Å². The molecule has 0 spiro atoms. The maximum Gasteiger partial charge on any atom is 0.375 e. The molecule has 0 aliphatic heterocycles. The molecule has 3 nitrogen and oxygen atoms in total. The lowest BCUT2D eigenvalue weighted by Gasteiger charge is -2.20. The summed E-state index contributed by atoms with van der Waals surface area (Å²) in [6, 6.07) is 9.64. The molecule has 0 N–H and O–H groups in total. The van der Waals surface area contributed by atoms with Crippen molar-refractivity contribution >= 4 is 11.8 Å². The number of ketones is 1. The highest BCUT2D eigenvalue weighted by atomic mass is 16.6. The van der Waals surface area contributed by atoms with E-state index in [1.54, 1.807) is 27.7 Å². The number of carbonyl (C=O) groups is 2. The van der Waals surface area contributed by atoms with Crippen molar-refractivity contribution in [1.29, 1.82) is 0 Å². The molecule has 98 valence electrons. The monoisotopic (exact) mass is 248 g/mol. The van der Waals surface area contributed by atoms with Gasteiger partial charge >= 0.3 is 5.97 Å². The smallest absolute Gasteiger partial charge is 0.375 e. The van der Waals surface area contributed by atoms with E-state index in [0.717, 1.165) is 5.56 Å². The molecule has 0 saturated heterocycles. The highest BCUT2D eigenvalue weighted by Crippen LogP contribution is 2.13. The van der Waals surface area contributed by atoms with Crippen LogP contribution < -0.4 is 0 Å².